The van der Waals surface area contributed by atoms with Gasteiger partial charge < -0.3 is 19.9 Å². The standard InChI is InChI=1S/C12H25NO3/c1-4-15-7-10(2)16-9-12(3,14)8-13-11-5-6-11/h10-11,13-14H,4-9H2,1-3H3. The Morgan fingerprint density at radius 3 is 2.75 bits per heavy atom. The second kappa shape index (κ2) is 6.55. The van der Waals surface area contributed by atoms with Gasteiger partial charge in [0, 0.05) is 19.2 Å². The minimum absolute atomic E-state index is 0.0346. The van der Waals surface area contributed by atoms with Gasteiger partial charge in [0.15, 0.2) is 0 Å². The molecule has 0 bridgehead atoms. The fourth-order valence-corrected chi connectivity index (χ4v) is 1.36. The number of hydrogen-bond acceptors (Lipinski definition) is 4. The molecule has 1 fully saturated rings. The molecule has 1 rings (SSSR count). The van der Waals surface area contributed by atoms with Crippen molar-refractivity contribution in [3.05, 3.63) is 0 Å². The van der Waals surface area contributed by atoms with Gasteiger partial charge in [-0.15, -0.1) is 0 Å². The normalized spacial score (nSPS) is 21.8. The van der Waals surface area contributed by atoms with E-state index in [9.17, 15) is 5.11 Å². The Kier molecular flexibility index (Phi) is 5.69. The quantitative estimate of drug-likeness (QED) is 0.620. The van der Waals surface area contributed by atoms with E-state index in [1.807, 2.05) is 13.8 Å². The highest BCUT2D eigenvalue weighted by Gasteiger charge is 2.27. The van der Waals surface area contributed by atoms with Gasteiger partial charge in [-0.1, -0.05) is 0 Å². The largest absolute Gasteiger partial charge is 0.386 e. The third kappa shape index (κ3) is 6.43. The SMILES string of the molecule is CCOCC(C)OCC(C)(O)CNC1CC1. The number of ether oxygens (including phenoxy) is 2. The maximum absolute atomic E-state index is 10.0. The molecule has 1 aliphatic rings. The van der Waals surface area contributed by atoms with Crippen LogP contribution in [-0.4, -0.2) is 49.2 Å². The Labute approximate surface area is 98.3 Å². The van der Waals surface area contributed by atoms with E-state index >= 15 is 0 Å². The summed E-state index contributed by atoms with van der Waals surface area (Å²) in [4.78, 5) is 0. The molecule has 1 aliphatic carbocycles. The Balaban J connectivity index is 2.07. The number of aliphatic hydroxyl groups is 1. The number of nitrogens with one attached hydrogen (secondary N) is 1. The van der Waals surface area contributed by atoms with Crippen molar-refractivity contribution in [1.82, 2.24) is 5.32 Å². The lowest BCUT2D eigenvalue weighted by Crippen LogP contribution is -2.43. The average molecular weight is 231 g/mol. The van der Waals surface area contributed by atoms with E-state index in [1.165, 1.54) is 12.8 Å². The highest BCUT2D eigenvalue weighted by molar-refractivity contribution is 4.85. The summed E-state index contributed by atoms with van der Waals surface area (Å²) in [5.74, 6) is 0. The van der Waals surface area contributed by atoms with Gasteiger partial charge in [-0.25, -0.2) is 0 Å². The smallest absolute Gasteiger partial charge is 0.0975 e. The highest BCUT2D eigenvalue weighted by atomic mass is 16.5. The van der Waals surface area contributed by atoms with Gasteiger partial charge in [0.1, 0.15) is 0 Å². The topological polar surface area (TPSA) is 50.7 Å². The van der Waals surface area contributed by atoms with E-state index in [-0.39, 0.29) is 6.10 Å². The van der Waals surface area contributed by atoms with Crippen LogP contribution in [0.3, 0.4) is 0 Å². The number of rotatable bonds is 9. The summed E-state index contributed by atoms with van der Waals surface area (Å²) in [6, 6.07) is 0.618. The van der Waals surface area contributed by atoms with Gasteiger partial charge in [-0.2, -0.15) is 0 Å². The highest BCUT2D eigenvalue weighted by Crippen LogP contribution is 2.19. The van der Waals surface area contributed by atoms with Crippen molar-refractivity contribution in [3.8, 4) is 0 Å². The molecule has 0 heterocycles. The molecule has 1 saturated carbocycles. The fourth-order valence-electron chi connectivity index (χ4n) is 1.36. The van der Waals surface area contributed by atoms with Crippen molar-refractivity contribution in [3.63, 3.8) is 0 Å². The summed E-state index contributed by atoms with van der Waals surface area (Å²) in [6.45, 7) is 7.95. The first-order chi connectivity index (χ1) is 7.53. The summed E-state index contributed by atoms with van der Waals surface area (Å²) < 4.78 is 10.8. The fraction of sp³-hybridized carbons (Fsp3) is 1.00. The van der Waals surface area contributed by atoms with E-state index < -0.39 is 5.60 Å². The Morgan fingerprint density at radius 1 is 1.50 bits per heavy atom. The van der Waals surface area contributed by atoms with Crippen LogP contribution in [0.1, 0.15) is 33.6 Å². The van der Waals surface area contributed by atoms with Crippen LogP contribution in [0.15, 0.2) is 0 Å². The lowest BCUT2D eigenvalue weighted by molar-refractivity contribution is -0.0768. The molecule has 0 aliphatic heterocycles. The molecule has 0 amide bonds. The summed E-state index contributed by atoms with van der Waals surface area (Å²) in [5.41, 5.74) is -0.789. The molecule has 0 aromatic carbocycles. The van der Waals surface area contributed by atoms with Crippen LogP contribution in [0, 0.1) is 0 Å². The zero-order chi connectivity index (χ0) is 12.0. The predicted octanol–water partition coefficient (Wildman–Crippen LogP) is 0.931. The molecule has 96 valence electrons. The molecule has 2 unspecified atom stereocenters. The maximum atomic E-state index is 10.0. The van der Waals surface area contributed by atoms with Gasteiger partial charge in [0.25, 0.3) is 0 Å². The lowest BCUT2D eigenvalue weighted by atomic mass is 10.1. The molecule has 0 spiro atoms. The predicted molar refractivity (Wildman–Crippen MR) is 63.6 cm³/mol. The molecule has 0 aromatic rings. The summed E-state index contributed by atoms with van der Waals surface area (Å²) in [5, 5.41) is 13.3. The van der Waals surface area contributed by atoms with Crippen LogP contribution in [0.2, 0.25) is 0 Å². The van der Waals surface area contributed by atoms with Crippen LogP contribution < -0.4 is 5.32 Å². The molecule has 2 atom stereocenters. The first-order valence-corrected chi connectivity index (χ1v) is 6.18. The molecule has 0 radical (unpaired) electrons. The molecule has 4 nitrogen and oxygen atoms in total. The first kappa shape index (κ1) is 13.9. The average Bonchev–Trinajstić information content (AvgIpc) is 3.05. The van der Waals surface area contributed by atoms with E-state index in [0.29, 0.717) is 32.4 Å². The van der Waals surface area contributed by atoms with Crippen molar-refractivity contribution in [1.29, 1.82) is 0 Å². The van der Waals surface area contributed by atoms with E-state index in [2.05, 4.69) is 5.32 Å². The molecule has 2 N–H and O–H groups in total. The minimum Gasteiger partial charge on any atom is -0.386 e. The first-order valence-electron chi connectivity index (χ1n) is 6.18. The molecule has 4 heteroatoms. The molecule has 0 aromatic heterocycles. The van der Waals surface area contributed by atoms with Crippen LogP contribution in [0.4, 0.5) is 0 Å². The van der Waals surface area contributed by atoms with Gasteiger partial charge in [0.2, 0.25) is 0 Å². The monoisotopic (exact) mass is 231 g/mol. The van der Waals surface area contributed by atoms with Crippen LogP contribution in [-0.2, 0) is 9.47 Å². The van der Waals surface area contributed by atoms with Crippen molar-refractivity contribution >= 4 is 0 Å². The summed E-state index contributed by atoms with van der Waals surface area (Å²) >= 11 is 0. The Bertz CT molecular complexity index is 193. The Morgan fingerprint density at radius 2 is 2.19 bits per heavy atom. The van der Waals surface area contributed by atoms with Gasteiger partial charge in [-0.3, -0.25) is 0 Å². The molecule has 0 saturated heterocycles. The van der Waals surface area contributed by atoms with Crippen molar-refractivity contribution in [2.75, 3.05) is 26.4 Å². The summed E-state index contributed by atoms with van der Waals surface area (Å²) in [7, 11) is 0. The third-order valence-electron chi connectivity index (χ3n) is 2.58. The van der Waals surface area contributed by atoms with Crippen LogP contribution in [0.25, 0.3) is 0 Å². The molecule has 16 heavy (non-hydrogen) atoms. The molecular formula is C12H25NO3. The zero-order valence-electron chi connectivity index (χ0n) is 10.7. The zero-order valence-corrected chi connectivity index (χ0v) is 10.7. The second-order valence-corrected chi connectivity index (χ2v) is 4.93. The second-order valence-electron chi connectivity index (χ2n) is 4.93. The van der Waals surface area contributed by atoms with Crippen molar-refractivity contribution < 1.29 is 14.6 Å². The number of hydrogen-bond donors (Lipinski definition) is 2. The third-order valence-corrected chi connectivity index (χ3v) is 2.58. The lowest BCUT2D eigenvalue weighted by Gasteiger charge is -2.25. The van der Waals surface area contributed by atoms with E-state index in [0.717, 1.165) is 0 Å². The Hall–Kier alpha value is -0.160. The van der Waals surface area contributed by atoms with Gasteiger partial charge >= 0.3 is 0 Å². The van der Waals surface area contributed by atoms with Crippen molar-refractivity contribution in [2.24, 2.45) is 0 Å². The van der Waals surface area contributed by atoms with Gasteiger partial charge in [0.05, 0.1) is 24.9 Å². The molecular weight excluding hydrogens is 206 g/mol. The van der Waals surface area contributed by atoms with E-state index in [1.54, 1.807) is 6.92 Å². The van der Waals surface area contributed by atoms with Crippen LogP contribution in [0.5, 0.6) is 0 Å². The van der Waals surface area contributed by atoms with Crippen molar-refractivity contribution in [2.45, 2.75) is 51.4 Å². The van der Waals surface area contributed by atoms with Crippen LogP contribution >= 0.6 is 0 Å². The minimum atomic E-state index is -0.789. The van der Waals surface area contributed by atoms with E-state index in [4.69, 9.17) is 9.47 Å². The summed E-state index contributed by atoms with van der Waals surface area (Å²) in [6.07, 6.45) is 2.50. The van der Waals surface area contributed by atoms with Gasteiger partial charge in [-0.05, 0) is 33.6 Å². The maximum Gasteiger partial charge on any atom is 0.0975 e.